The van der Waals surface area contributed by atoms with Crippen LogP contribution in [0.5, 0.6) is 0 Å². The van der Waals surface area contributed by atoms with Crippen LogP contribution in [0, 0.1) is 6.92 Å². The largest absolute Gasteiger partial charge is 0.303 e. The van der Waals surface area contributed by atoms with Crippen LogP contribution >= 0.6 is 31.9 Å². The molecule has 0 spiro atoms. The predicted octanol–water partition coefficient (Wildman–Crippen LogP) is 3.43. The molecule has 0 fully saturated rings. The maximum absolute atomic E-state index is 10.7. The van der Waals surface area contributed by atoms with E-state index in [1.807, 2.05) is 25.1 Å². The van der Waals surface area contributed by atoms with E-state index in [4.69, 9.17) is 0 Å². The lowest BCUT2D eigenvalue weighted by atomic mass is 10.0. The SMILES string of the molecule is Cc1cc(C(C=O)CBr)ccc1Br. The van der Waals surface area contributed by atoms with Crippen LogP contribution in [0.15, 0.2) is 22.7 Å². The molecule has 0 aromatic heterocycles. The molecular weight excluding hydrogens is 296 g/mol. The van der Waals surface area contributed by atoms with Crippen molar-refractivity contribution in [2.75, 3.05) is 5.33 Å². The van der Waals surface area contributed by atoms with E-state index < -0.39 is 0 Å². The zero-order valence-electron chi connectivity index (χ0n) is 7.26. The second-order valence-corrected chi connectivity index (χ2v) is 4.41. The molecule has 0 aliphatic rings. The molecule has 0 N–H and O–H groups in total. The van der Waals surface area contributed by atoms with Crippen LogP contribution in [0.2, 0.25) is 0 Å². The maximum atomic E-state index is 10.7. The Kier molecular flexibility index (Phi) is 4.13. The highest BCUT2D eigenvalue weighted by Crippen LogP contribution is 2.22. The molecule has 1 rings (SSSR count). The summed E-state index contributed by atoms with van der Waals surface area (Å²) in [6.45, 7) is 2.02. The smallest absolute Gasteiger partial charge is 0.128 e. The van der Waals surface area contributed by atoms with E-state index in [1.165, 1.54) is 0 Å². The second kappa shape index (κ2) is 4.91. The predicted molar refractivity (Wildman–Crippen MR) is 61.5 cm³/mol. The third kappa shape index (κ3) is 2.64. The van der Waals surface area contributed by atoms with Gasteiger partial charge in [-0.15, -0.1) is 0 Å². The van der Waals surface area contributed by atoms with Crippen LogP contribution in [-0.4, -0.2) is 11.6 Å². The Hall–Kier alpha value is -0.150. The Morgan fingerprint density at radius 2 is 2.23 bits per heavy atom. The van der Waals surface area contributed by atoms with E-state index in [0.29, 0.717) is 5.33 Å². The quantitative estimate of drug-likeness (QED) is 0.617. The van der Waals surface area contributed by atoms with E-state index in [1.54, 1.807) is 0 Å². The summed E-state index contributed by atoms with van der Waals surface area (Å²) < 4.78 is 1.08. The standard InChI is InChI=1S/C10H10Br2O/c1-7-4-8(2-3-10(7)12)9(5-11)6-13/h2-4,6,9H,5H2,1H3. The Labute approximate surface area is 94.8 Å². The van der Waals surface area contributed by atoms with Crippen molar-refractivity contribution in [2.24, 2.45) is 0 Å². The van der Waals surface area contributed by atoms with Crippen LogP contribution in [0.25, 0.3) is 0 Å². The normalized spacial score (nSPS) is 12.5. The van der Waals surface area contributed by atoms with Crippen molar-refractivity contribution >= 4 is 38.1 Å². The molecule has 1 unspecified atom stereocenters. The third-order valence-electron chi connectivity index (χ3n) is 1.94. The monoisotopic (exact) mass is 304 g/mol. The highest BCUT2D eigenvalue weighted by atomic mass is 79.9. The van der Waals surface area contributed by atoms with Gasteiger partial charge in [-0.05, 0) is 24.1 Å². The topological polar surface area (TPSA) is 17.1 Å². The van der Waals surface area contributed by atoms with E-state index in [0.717, 1.165) is 21.9 Å². The number of halogens is 2. The number of alkyl halides is 1. The van der Waals surface area contributed by atoms with Crippen molar-refractivity contribution < 1.29 is 4.79 Å². The summed E-state index contributed by atoms with van der Waals surface area (Å²) in [6, 6.07) is 5.98. The number of hydrogen-bond donors (Lipinski definition) is 0. The van der Waals surface area contributed by atoms with Crippen molar-refractivity contribution in [1.29, 1.82) is 0 Å². The molecule has 0 aliphatic heterocycles. The molecule has 70 valence electrons. The molecule has 1 atom stereocenters. The lowest BCUT2D eigenvalue weighted by Crippen LogP contribution is -2.01. The molecule has 0 heterocycles. The molecule has 1 aromatic carbocycles. The number of rotatable bonds is 3. The van der Waals surface area contributed by atoms with Gasteiger partial charge in [-0.1, -0.05) is 44.0 Å². The van der Waals surface area contributed by atoms with Crippen LogP contribution < -0.4 is 0 Å². The van der Waals surface area contributed by atoms with E-state index in [9.17, 15) is 4.79 Å². The van der Waals surface area contributed by atoms with Crippen molar-refractivity contribution in [1.82, 2.24) is 0 Å². The molecule has 0 aliphatic carbocycles. The number of hydrogen-bond acceptors (Lipinski definition) is 1. The Bertz CT molecular complexity index is 310. The highest BCUT2D eigenvalue weighted by molar-refractivity contribution is 9.10. The van der Waals surface area contributed by atoms with Gasteiger partial charge in [-0.2, -0.15) is 0 Å². The number of carbonyl (C=O) groups is 1. The Morgan fingerprint density at radius 1 is 1.54 bits per heavy atom. The summed E-state index contributed by atoms with van der Waals surface area (Å²) in [7, 11) is 0. The summed E-state index contributed by atoms with van der Waals surface area (Å²) in [4.78, 5) is 10.7. The van der Waals surface area contributed by atoms with E-state index in [-0.39, 0.29) is 5.92 Å². The highest BCUT2D eigenvalue weighted by Gasteiger charge is 2.08. The summed E-state index contributed by atoms with van der Waals surface area (Å²) in [5.41, 5.74) is 2.22. The first-order valence-corrected chi connectivity index (χ1v) is 5.87. The van der Waals surface area contributed by atoms with Crippen LogP contribution in [-0.2, 0) is 4.79 Å². The second-order valence-electron chi connectivity index (χ2n) is 2.91. The van der Waals surface area contributed by atoms with Crippen LogP contribution in [0.3, 0.4) is 0 Å². The van der Waals surface area contributed by atoms with Crippen molar-refractivity contribution in [3.63, 3.8) is 0 Å². The molecule has 0 bridgehead atoms. The molecule has 0 amide bonds. The average molecular weight is 306 g/mol. The zero-order valence-corrected chi connectivity index (χ0v) is 10.4. The molecule has 1 nitrogen and oxygen atoms in total. The molecule has 13 heavy (non-hydrogen) atoms. The minimum atomic E-state index is -0.0354. The van der Waals surface area contributed by atoms with Gasteiger partial charge in [-0.3, -0.25) is 0 Å². The summed E-state index contributed by atoms with van der Waals surface area (Å²) in [5.74, 6) is -0.0354. The van der Waals surface area contributed by atoms with Crippen LogP contribution in [0.1, 0.15) is 17.0 Å². The van der Waals surface area contributed by atoms with Gasteiger partial charge in [0.05, 0.1) is 0 Å². The number of benzene rings is 1. The fourth-order valence-corrected chi connectivity index (χ4v) is 1.88. The average Bonchev–Trinajstić information content (AvgIpc) is 2.13. The molecule has 1 aromatic rings. The fourth-order valence-electron chi connectivity index (χ4n) is 1.10. The minimum absolute atomic E-state index is 0.0354. The third-order valence-corrected chi connectivity index (χ3v) is 3.53. The first-order chi connectivity index (χ1) is 6.19. The van der Waals surface area contributed by atoms with Crippen LogP contribution in [0.4, 0.5) is 0 Å². The maximum Gasteiger partial charge on any atom is 0.128 e. The van der Waals surface area contributed by atoms with Gasteiger partial charge >= 0.3 is 0 Å². The minimum Gasteiger partial charge on any atom is -0.303 e. The molecule has 3 heteroatoms. The number of aryl methyl sites for hydroxylation is 1. The zero-order chi connectivity index (χ0) is 9.84. The summed E-state index contributed by atoms with van der Waals surface area (Å²) >= 11 is 6.74. The summed E-state index contributed by atoms with van der Waals surface area (Å²) in [6.07, 6.45) is 0.970. The van der Waals surface area contributed by atoms with Gasteiger partial charge in [0.25, 0.3) is 0 Å². The molecule has 0 saturated heterocycles. The first-order valence-electron chi connectivity index (χ1n) is 3.96. The van der Waals surface area contributed by atoms with E-state index >= 15 is 0 Å². The molecule has 0 saturated carbocycles. The lowest BCUT2D eigenvalue weighted by molar-refractivity contribution is -0.108. The molecular formula is C10H10Br2O. The molecule has 0 radical (unpaired) electrons. The fraction of sp³-hybridized carbons (Fsp3) is 0.300. The van der Waals surface area contributed by atoms with Gasteiger partial charge < -0.3 is 4.79 Å². The summed E-state index contributed by atoms with van der Waals surface area (Å²) in [5, 5.41) is 0.678. The number of aldehydes is 1. The Morgan fingerprint density at radius 3 is 2.69 bits per heavy atom. The van der Waals surface area contributed by atoms with Crippen molar-refractivity contribution in [3.05, 3.63) is 33.8 Å². The Balaban J connectivity index is 3.01. The number of carbonyl (C=O) groups excluding carboxylic acids is 1. The van der Waals surface area contributed by atoms with Crippen molar-refractivity contribution in [2.45, 2.75) is 12.8 Å². The lowest BCUT2D eigenvalue weighted by Gasteiger charge is -2.08. The van der Waals surface area contributed by atoms with Gasteiger partial charge in [-0.25, -0.2) is 0 Å². The van der Waals surface area contributed by atoms with Gasteiger partial charge in [0.1, 0.15) is 6.29 Å². The van der Waals surface area contributed by atoms with Gasteiger partial charge in [0.15, 0.2) is 0 Å². The van der Waals surface area contributed by atoms with E-state index in [2.05, 4.69) is 31.9 Å². The first kappa shape index (κ1) is 10.9. The van der Waals surface area contributed by atoms with Gasteiger partial charge in [0, 0.05) is 15.7 Å². The van der Waals surface area contributed by atoms with Crippen molar-refractivity contribution in [3.8, 4) is 0 Å². The van der Waals surface area contributed by atoms with Gasteiger partial charge in [0.2, 0.25) is 0 Å².